The van der Waals surface area contributed by atoms with Crippen molar-refractivity contribution in [3.05, 3.63) is 75.6 Å². The van der Waals surface area contributed by atoms with Gasteiger partial charge in [0.15, 0.2) is 0 Å². The highest BCUT2D eigenvalue weighted by atomic mass is 19.1. The van der Waals surface area contributed by atoms with Gasteiger partial charge >= 0.3 is 0 Å². The number of halogens is 1. The molecule has 0 aliphatic carbocycles. The smallest absolute Gasteiger partial charge is 0.269 e. The van der Waals surface area contributed by atoms with Crippen molar-refractivity contribution in [1.82, 2.24) is 15.1 Å². The fourth-order valence-electron chi connectivity index (χ4n) is 3.30. The van der Waals surface area contributed by atoms with Crippen molar-refractivity contribution >= 4 is 11.6 Å². The van der Waals surface area contributed by atoms with Gasteiger partial charge in [-0.3, -0.25) is 19.8 Å². The van der Waals surface area contributed by atoms with Crippen molar-refractivity contribution in [2.75, 3.05) is 39.8 Å². The van der Waals surface area contributed by atoms with Crippen LogP contribution in [0.4, 0.5) is 10.1 Å². The van der Waals surface area contributed by atoms with E-state index in [2.05, 4.69) is 22.2 Å². The molecule has 1 aliphatic heterocycles. The number of nitro groups is 1. The molecule has 1 heterocycles. The van der Waals surface area contributed by atoms with Gasteiger partial charge in [0.05, 0.1) is 11.0 Å². The van der Waals surface area contributed by atoms with Crippen molar-refractivity contribution in [1.29, 1.82) is 0 Å². The van der Waals surface area contributed by atoms with Crippen LogP contribution < -0.4 is 5.32 Å². The Hall–Kier alpha value is -2.84. The zero-order chi connectivity index (χ0) is 20.1. The molecule has 1 N–H and O–H groups in total. The van der Waals surface area contributed by atoms with Crippen LogP contribution >= 0.6 is 0 Å². The summed E-state index contributed by atoms with van der Waals surface area (Å²) in [6, 6.07) is 11.8. The largest absolute Gasteiger partial charge is 0.350 e. The van der Waals surface area contributed by atoms with E-state index in [0.717, 1.165) is 31.7 Å². The Labute approximate surface area is 162 Å². The number of carbonyl (C=O) groups excluding carboxylic acids is 1. The lowest BCUT2D eigenvalue weighted by molar-refractivity contribution is -0.384. The minimum Gasteiger partial charge on any atom is -0.350 e. The van der Waals surface area contributed by atoms with Crippen molar-refractivity contribution in [2.45, 2.75) is 6.04 Å². The molecular formula is C20H23FN4O3. The Bertz CT molecular complexity index is 818. The molecule has 1 saturated heterocycles. The molecule has 0 unspecified atom stereocenters. The Morgan fingerprint density at radius 2 is 1.71 bits per heavy atom. The van der Waals surface area contributed by atoms with E-state index in [1.165, 1.54) is 36.4 Å². The molecule has 28 heavy (non-hydrogen) atoms. The van der Waals surface area contributed by atoms with Crippen LogP contribution in [0.25, 0.3) is 0 Å². The lowest BCUT2D eigenvalue weighted by Crippen LogP contribution is -2.48. The Balaban J connectivity index is 1.70. The maximum atomic E-state index is 13.3. The molecule has 2 aromatic carbocycles. The molecule has 8 heteroatoms. The van der Waals surface area contributed by atoms with Crippen LogP contribution in [0.1, 0.15) is 22.0 Å². The van der Waals surface area contributed by atoms with E-state index in [1.807, 2.05) is 0 Å². The summed E-state index contributed by atoms with van der Waals surface area (Å²) in [5, 5.41) is 13.7. The topological polar surface area (TPSA) is 78.7 Å². The Morgan fingerprint density at radius 3 is 2.29 bits per heavy atom. The Kier molecular flexibility index (Phi) is 6.33. The molecule has 0 saturated carbocycles. The summed E-state index contributed by atoms with van der Waals surface area (Å²) < 4.78 is 13.3. The normalized spacial score (nSPS) is 16.5. The molecular weight excluding hydrogens is 363 g/mol. The first-order chi connectivity index (χ1) is 13.4. The van der Waals surface area contributed by atoms with E-state index in [-0.39, 0.29) is 23.5 Å². The van der Waals surface area contributed by atoms with Gasteiger partial charge in [0, 0.05) is 50.4 Å². The molecule has 148 valence electrons. The summed E-state index contributed by atoms with van der Waals surface area (Å²) in [5.74, 6) is -0.591. The minimum atomic E-state index is -0.500. The van der Waals surface area contributed by atoms with Crippen molar-refractivity contribution in [2.24, 2.45) is 0 Å². The second kappa shape index (κ2) is 8.90. The molecule has 1 atom stereocenters. The van der Waals surface area contributed by atoms with Crippen LogP contribution in [0.5, 0.6) is 0 Å². The lowest BCUT2D eigenvalue weighted by atomic mass is 10.0. The molecule has 3 rings (SSSR count). The van der Waals surface area contributed by atoms with Crippen molar-refractivity contribution in [3.63, 3.8) is 0 Å². The monoisotopic (exact) mass is 386 g/mol. The van der Waals surface area contributed by atoms with E-state index in [9.17, 15) is 19.3 Å². The number of amides is 1. The summed E-state index contributed by atoms with van der Waals surface area (Å²) in [5.41, 5.74) is 1.25. The van der Waals surface area contributed by atoms with Crippen LogP contribution in [-0.2, 0) is 0 Å². The lowest BCUT2D eigenvalue weighted by Gasteiger charge is -2.38. The SMILES string of the molecule is CN1CCN([C@H](CNC(=O)c2ccc([N+](=O)[O-])cc2)c2ccc(F)cc2)CC1. The summed E-state index contributed by atoms with van der Waals surface area (Å²) in [4.78, 5) is 27.3. The van der Waals surface area contributed by atoms with Gasteiger partial charge in [-0.25, -0.2) is 4.39 Å². The molecule has 1 fully saturated rings. The predicted molar refractivity (Wildman–Crippen MR) is 104 cm³/mol. The summed E-state index contributed by atoms with van der Waals surface area (Å²) in [7, 11) is 2.07. The molecule has 0 radical (unpaired) electrons. The van der Waals surface area contributed by atoms with Crippen LogP contribution in [0.2, 0.25) is 0 Å². The van der Waals surface area contributed by atoms with Gasteiger partial charge in [0.2, 0.25) is 0 Å². The summed E-state index contributed by atoms with van der Waals surface area (Å²) >= 11 is 0. The zero-order valence-corrected chi connectivity index (χ0v) is 15.7. The second-order valence-corrected chi connectivity index (χ2v) is 6.92. The van der Waals surface area contributed by atoms with Gasteiger partial charge in [-0.2, -0.15) is 0 Å². The third-order valence-electron chi connectivity index (χ3n) is 5.03. The number of piperazine rings is 1. The van der Waals surface area contributed by atoms with Crippen LogP contribution in [0.3, 0.4) is 0 Å². The minimum absolute atomic E-state index is 0.0572. The standard InChI is InChI=1S/C20H23FN4O3/c1-23-10-12-24(13-11-23)19(15-2-6-17(21)7-3-15)14-22-20(26)16-4-8-18(9-5-16)25(27)28/h2-9,19H,10-14H2,1H3,(H,22,26)/t19-/m1/s1. The average Bonchev–Trinajstić information content (AvgIpc) is 2.70. The van der Waals surface area contributed by atoms with E-state index < -0.39 is 4.92 Å². The van der Waals surface area contributed by atoms with Crippen LogP contribution in [0, 0.1) is 15.9 Å². The first kappa shape index (κ1) is 19.9. The highest BCUT2D eigenvalue weighted by Gasteiger charge is 2.24. The number of nitro benzene ring substituents is 1. The number of benzene rings is 2. The van der Waals surface area contributed by atoms with Gasteiger partial charge in [-0.15, -0.1) is 0 Å². The highest BCUT2D eigenvalue weighted by molar-refractivity contribution is 5.94. The fourth-order valence-corrected chi connectivity index (χ4v) is 3.30. The number of hydrogen-bond donors (Lipinski definition) is 1. The molecule has 1 aliphatic rings. The van der Waals surface area contributed by atoms with Crippen LogP contribution in [0.15, 0.2) is 48.5 Å². The van der Waals surface area contributed by atoms with Crippen molar-refractivity contribution < 1.29 is 14.1 Å². The third kappa shape index (κ3) is 4.90. The fraction of sp³-hybridized carbons (Fsp3) is 0.350. The second-order valence-electron chi connectivity index (χ2n) is 6.92. The maximum absolute atomic E-state index is 13.3. The molecule has 7 nitrogen and oxygen atoms in total. The number of nitrogens with one attached hydrogen (secondary N) is 1. The molecule has 1 amide bonds. The number of likely N-dealkylation sites (N-methyl/N-ethyl adjacent to an activating group) is 1. The van der Waals surface area contributed by atoms with E-state index in [0.29, 0.717) is 12.1 Å². The molecule has 0 aromatic heterocycles. The predicted octanol–water partition coefficient (Wildman–Crippen LogP) is 2.45. The van der Waals surface area contributed by atoms with Gasteiger partial charge in [-0.1, -0.05) is 12.1 Å². The van der Waals surface area contributed by atoms with E-state index >= 15 is 0 Å². The highest BCUT2D eigenvalue weighted by Crippen LogP contribution is 2.22. The van der Waals surface area contributed by atoms with E-state index in [4.69, 9.17) is 0 Å². The van der Waals surface area contributed by atoms with Gasteiger partial charge in [0.25, 0.3) is 11.6 Å². The number of carbonyl (C=O) groups is 1. The molecule has 2 aromatic rings. The summed E-state index contributed by atoms with van der Waals surface area (Å²) in [6.45, 7) is 3.92. The summed E-state index contributed by atoms with van der Waals surface area (Å²) in [6.07, 6.45) is 0. The van der Waals surface area contributed by atoms with Crippen LogP contribution in [-0.4, -0.2) is 60.4 Å². The van der Waals surface area contributed by atoms with Gasteiger partial charge < -0.3 is 10.2 Å². The number of nitrogens with zero attached hydrogens (tertiary/aromatic N) is 3. The number of rotatable bonds is 6. The molecule has 0 spiro atoms. The number of non-ortho nitro benzene ring substituents is 1. The van der Waals surface area contributed by atoms with Gasteiger partial charge in [0.1, 0.15) is 5.82 Å². The van der Waals surface area contributed by atoms with Gasteiger partial charge in [-0.05, 0) is 36.9 Å². The van der Waals surface area contributed by atoms with E-state index in [1.54, 1.807) is 12.1 Å². The Morgan fingerprint density at radius 1 is 1.11 bits per heavy atom. The average molecular weight is 386 g/mol. The maximum Gasteiger partial charge on any atom is 0.269 e. The first-order valence-electron chi connectivity index (χ1n) is 9.15. The zero-order valence-electron chi connectivity index (χ0n) is 15.7. The third-order valence-corrected chi connectivity index (χ3v) is 5.03. The van der Waals surface area contributed by atoms with Crippen molar-refractivity contribution in [3.8, 4) is 0 Å². The molecule has 0 bridgehead atoms. The quantitative estimate of drug-likeness (QED) is 0.609. The first-order valence-corrected chi connectivity index (χ1v) is 9.15. The number of hydrogen-bond acceptors (Lipinski definition) is 5.